The molecule has 1 aliphatic carbocycles. The molecule has 0 spiro atoms. The van der Waals surface area contributed by atoms with Crippen molar-refractivity contribution in [2.75, 3.05) is 23.7 Å². The minimum atomic E-state index is 0.100. The number of rotatable bonds is 3. The Labute approximate surface area is 115 Å². The highest BCUT2D eigenvalue weighted by molar-refractivity contribution is 5.55. The van der Waals surface area contributed by atoms with Gasteiger partial charge in [-0.1, -0.05) is 6.42 Å². The summed E-state index contributed by atoms with van der Waals surface area (Å²) in [5.41, 5.74) is 6.54. The van der Waals surface area contributed by atoms with Crippen LogP contribution in [0.2, 0.25) is 0 Å². The first kappa shape index (κ1) is 12.6. The molecule has 2 N–H and O–H groups in total. The van der Waals surface area contributed by atoms with Gasteiger partial charge in [-0.05, 0) is 50.7 Å². The molecule has 2 unspecified atom stereocenters. The summed E-state index contributed by atoms with van der Waals surface area (Å²) in [7, 11) is 0. The number of hydrogen-bond donors (Lipinski definition) is 1. The fraction of sp³-hybridized carbons (Fsp3) is 0.667. The van der Waals surface area contributed by atoms with Crippen molar-refractivity contribution in [1.29, 1.82) is 0 Å². The SMILES string of the molecule is CC(C)Oc1nc(N2CC3CCCC3C2)ccc1N. The van der Waals surface area contributed by atoms with E-state index in [0.29, 0.717) is 11.6 Å². The average Bonchev–Trinajstić information content (AvgIpc) is 2.91. The number of ether oxygens (including phenoxy) is 1. The molecule has 3 rings (SSSR count). The highest BCUT2D eigenvalue weighted by atomic mass is 16.5. The van der Waals surface area contributed by atoms with Crippen molar-refractivity contribution < 1.29 is 4.74 Å². The zero-order valence-electron chi connectivity index (χ0n) is 11.8. The molecular weight excluding hydrogens is 238 g/mol. The van der Waals surface area contributed by atoms with Crippen LogP contribution in [0.4, 0.5) is 11.5 Å². The van der Waals surface area contributed by atoms with E-state index in [1.54, 1.807) is 0 Å². The molecular formula is C15H23N3O. The van der Waals surface area contributed by atoms with Crippen LogP contribution in [0.15, 0.2) is 12.1 Å². The highest BCUT2D eigenvalue weighted by Gasteiger charge is 2.36. The fourth-order valence-electron chi connectivity index (χ4n) is 3.36. The summed E-state index contributed by atoms with van der Waals surface area (Å²) >= 11 is 0. The molecule has 0 aromatic carbocycles. The van der Waals surface area contributed by atoms with Gasteiger partial charge in [0.15, 0.2) is 0 Å². The van der Waals surface area contributed by atoms with Crippen molar-refractivity contribution in [2.45, 2.75) is 39.2 Å². The Kier molecular flexibility index (Phi) is 3.25. The van der Waals surface area contributed by atoms with Crippen molar-refractivity contribution in [3.8, 4) is 5.88 Å². The van der Waals surface area contributed by atoms with Gasteiger partial charge >= 0.3 is 0 Å². The molecule has 1 saturated carbocycles. The predicted octanol–water partition coefficient (Wildman–Crippen LogP) is 2.69. The standard InChI is InChI=1S/C15H23N3O/c1-10(2)19-15-13(16)6-7-14(17-15)18-8-11-4-3-5-12(11)9-18/h6-7,10-12H,3-5,8-9,16H2,1-2H3. The minimum absolute atomic E-state index is 0.100. The van der Waals surface area contributed by atoms with E-state index >= 15 is 0 Å². The number of hydrogen-bond acceptors (Lipinski definition) is 4. The van der Waals surface area contributed by atoms with Crippen LogP contribution in [-0.4, -0.2) is 24.2 Å². The second kappa shape index (κ2) is 4.91. The zero-order chi connectivity index (χ0) is 13.4. The van der Waals surface area contributed by atoms with Crippen molar-refractivity contribution in [1.82, 2.24) is 4.98 Å². The number of nitrogen functional groups attached to an aromatic ring is 1. The Bertz CT molecular complexity index is 449. The van der Waals surface area contributed by atoms with Gasteiger partial charge in [0.1, 0.15) is 5.82 Å². The first-order chi connectivity index (χ1) is 9.13. The summed E-state index contributed by atoms with van der Waals surface area (Å²) in [5, 5.41) is 0. The molecule has 1 saturated heterocycles. The van der Waals surface area contributed by atoms with Crippen LogP contribution in [0.5, 0.6) is 5.88 Å². The van der Waals surface area contributed by atoms with Gasteiger partial charge < -0.3 is 15.4 Å². The quantitative estimate of drug-likeness (QED) is 0.909. The Balaban J connectivity index is 1.78. The second-order valence-electron chi connectivity index (χ2n) is 6.09. The van der Waals surface area contributed by atoms with Crippen LogP contribution < -0.4 is 15.4 Å². The lowest BCUT2D eigenvalue weighted by Crippen LogP contribution is -2.22. The van der Waals surface area contributed by atoms with Gasteiger partial charge in [0.05, 0.1) is 11.8 Å². The summed E-state index contributed by atoms with van der Waals surface area (Å²) < 4.78 is 5.68. The first-order valence-corrected chi connectivity index (χ1v) is 7.31. The minimum Gasteiger partial charge on any atom is -0.473 e. The van der Waals surface area contributed by atoms with E-state index < -0.39 is 0 Å². The largest absolute Gasteiger partial charge is 0.473 e. The van der Waals surface area contributed by atoms with Gasteiger partial charge in [-0.25, -0.2) is 0 Å². The smallest absolute Gasteiger partial charge is 0.239 e. The van der Waals surface area contributed by atoms with Gasteiger partial charge in [-0.2, -0.15) is 4.98 Å². The van der Waals surface area contributed by atoms with E-state index in [2.05, 4.69) is 9.88 Å². The number of pyridine rings is 1. The number of fused-ring (bicyclic) bond motifs is 1. The van der Waals surface area contributed by atoms with Gasteiger partial charge in [0.25, 0.3) is 0 Å². The Morgan fingerprint density at radius 1 is 1.26 bits per heavy atom. The number of aromatic nitrogens is 1. The van der Waals surface area contributed by atoms with Gasteiger partial charge in [-0.15, -0.1) is 0 Å². The van der Waals surface area contributed by atoms with E-state index in [4.69, 9.17) is 10.5 Å². The molecule has 1 aromatic rings. The van der Waals surface area contributed by atoms with E-state index in [9.17, 15) is 0 Å². The molecule has 0 bridgehead atoms. The molecule has 0 amide bonds. The maximum absolute atomic E-state index is 5.92. The molecule has 4 nitrogen and oxygen atoms in total. The molecule has 4 heteroatoms. The lowest BCUT2D eigenvalue weighted by atomic mass is 10.0. The van der Waals surface area contributed by atoms with E-state index in [1.165, 1.54) is 19.3 Å². The number of nitrogens with two attached hydrogens (primary N) is 1. The van der Waals surface area contributed by atoms with Crippen LogP contribution in [0.25, 0.3) is 0 Å². The molecule has 2 atom stereocenters. The van der Waals surface area contributed by atoms with E-state index in [-0.39, 0.29) is 6.10 Å². The summed E-state index contributed by atoms with van der Waals surface area (Å²) in [6.07, 6.45) is 4.26. The van der Waals surface area contributed by atoms with E-state index in [0.717, 1.165) is 30.7 Å². The van der Waals surface area contributed by atoms with Crippen molar-refractivity contribution in [3.63, 3.8) is 0 Å². The van der Waals surface area contributed by atoms with E-state index in [1.807, 2.05) is 26.0 Å². The highest BCUT2D eigenvalue weighted by Crippen LogP contribution is 2.39. The van der Waals surface area contributed by atoms with Crippen LogP contribution in [0.3, 0.4) is 0 Å². The summed E-state index contributed by atoms with van der Waals surface area (Å²) in [6, 6.07) is 3.93. The Hall–Kier alpha value is -1.45. The van der Waals surface area contributed by atoms with Gasteiger partial charge in [0.2, 0.25) is 5.88 Å². The molecule has 1 aliphatic heterocycles. The molecule has 2 aliphatic rings. The average molecular weight is 261 g/mol. The molecule has 2 fully saturated rings. The summed E-state index contributed by atoms with van der Waals surface area (Å²) in [5.74, 6) is 3.33. The molecule has 1 aromatic heterocycles. The van der Waals surface area contributed by atoms with Crippen molar-refractivity contribution >= 4 is 11.5 Å². The van der Waals surface area contributed by atoms with Crippen LogP contribution in [0, 0.1) is 11.8 Å². The number of anilines is 2. The van der Waals surface area contributed by atoms with Gasteiger partial charge in [-0.3, -0.25) is 0 Å². The third kappa shape index (κ3) is 2.48. The van der Waals surface area contributed by atoms with Crippen LogP contribution >= 0.6 is 0 Å². The third-order valence-electron chi connectivity index (χ3n) is 4.27. The zero-order valence-corrected chi connectivity index (χ0v) is 11.8. The Morgan fingerprint density at radius 3 is 2.58 bits per heavy atom. The monoisotopic (exact) mass is 261 g/mol. The van der Waals surface area contributed by atoms with Crippen LogP contribution in [0.1, 0.15) is 33.1 Å². The lowest BCUT2D eigenvalue weighted by molar-refractivity contribution is 0.234. The topological polar surface area (TPSA) is 51.4 Å². The molecule has 0 radical (unpaired) electrons. The second-order valence-corrected chi connectivity index (χ2v) is 6.09. The van der Waals surface area contributed by atoms with Gasteiger partial charge in [0, 0.05) is 13.1 Å². The maximum Gasteiger partial charge on any atom is 0.239 e. The predicted molar refractivity (Wildman–Crippen MR) is 77.5 cm³/mol. The molecule has 19 heavy (non-hydrogen) atoms. The van der Waals surface area contributed by atoms with Crippen molar-refractivity contribution in [3.05, 3.63) is 12.1 Å². The molecule has 104 valence electrons. The molecule has 2 heterocycles. The van der Waals surface area contributed by atoms with Crippen LogP contribution in [-0.2, 0) is 0 Å². The summed E-state index contributed by atoms with van der Waals surface area (Å²) in [6.45, 7) is 6.27. The maximum atomic E-state index is 5.92. The summed E-state index contributed by atoms with van der Waals surface area (Å²) in [4.78, 5) is 6.99. The first-order valence-electron chi connectivity index (χ1n) is 7.31. The normalized spacial score (nSPS) is 25.9. The lowest BCUT2D eigenvalue weighted by Gasteiger charge is -2.20. The third-order valence-corrected chi connectivity index (χ3v) is 4.27. The Morgan fingerprint density at radius 2 is 1.95 bits per heavy atom. The number of nitrogens with zero attached hydrogens (tertiary/aromatic N) is 2. The fourth-order valence-corrected chi connectivity index (χ4v) is 3.36. The van der Waals surface area contributed by atoms with Crippen molar-refractivity contribution in [2.24, 2.45) is 11.8 Å².